The highest BCUT2D eigenvalue weighted by atomic mass is 35.5. The van der Waals surface area contributed by atoms with E-state index < -0.39 is 0 Å². The molecule has 0 aliphatic heterocycles. The molecule has 2 rings (SSSR count). The SMILES string of the molecule is COc1ccc(C)cc1C(=O)c1ccc(CCl)o1. The van der Waals surface area contributed by atoms with Crippen LogP contribution in [0.5, 0.6) is 5.75 Å². The van der Waals surface area contributed by atoms with Gasteiger partial charge >= 0.3 is 0 Å². The minimum absolute atomic E-state index is 0.202. The fraction of sp³-hybridized carbons (Fsp3) is 0.214. The molecule has 1 aromatic carbocycles. The smallest absolute Gasteiger partial charge is 0.231 e. The molecule has 0 bridgehead atoms. The molecule has 94 valence electrons. The first-order valence-electron chi connectivity index (χ1n) is 5.49. The van der Waals surface area contributed by atoms with Crippen LogP contribution in [0.4, 0.5) is 0 Å². The maximum absolute atomic E-state index is 12.3. The van der Waals surface area contributed by atoms with Crippen molar-refractivity contribution in [3.05, 3.63) is 53.0 Å². The van der Waals surface area contributed by atoms with Crippen molar-refractivity contribution < 1.29 is 13.9 Å². The zero-order valence-electron chi connectivity index (χ0n) is 10.2. The molecule has 0 aliphatic carbocycles. The first kappa shape index (κ1) is 12.7. The predicted octanol–water partition coefficient (Wildman–Crippen LogP) is 3.57. The topological polar surface area (TPSA) is 39.4 Å². The van der Waals surface area contributed by atoms with Crippen LogP contribution in [0.15, 0.2) is 34.7 Å². The van der Waals surface area contributed by atoms with Crippen LogP contribution in [0.3, 0.4) is 0 Å². The molecule has 1 aromatic heterocycles. The number of hydrogen-bond acceptors (Lipinski definition) is 3. The lowest BCUT2D eigenvalue weighted by molar-refractivity contribution is 0.100. The molecule has 2 aromatic rings. The Bertz CT molecular complexity index is 572. The van der Waals surface area contributed by atoms with Gasteiger partial charge in [0.1, 0.15) is 11.5 Å². The second-order valence-corrected chi connectivity index (χ2v) is 4.20. The van der Waals surface area contributed by atoms with Crippen LogP contribution in [0, 0.1) is 6.92 Å². The number of halogens is 1. The number of carbonyl (C=O) groups excluding carboxylic acids is 1. The molecule has 0 N–H and O–H groups in total. The Kier molecular flexibility index (Phi) is 3.72. The van der Waals surface area contributed by atoms with Crippen LogP contribution >= 0.6 is 11.6 Å². The molecule has 0 aliphatic rings. The minimum atomic E-state index is -0.202. The van der Waals surface area contributed by atoms with Crippen LogP contribution in [0.1, 0.15) is 27.4 Å². The summed E-state index contributed by atoms with van der Waals surface area (Å²) in [5.74, 6) is 1.43. The molecule has 0 fully saturated rings. The van der Waals surface area contributed by atoms with E-state index in [9.17, 15) is 4.79 Å². The third-order valence-electron chi connectivity index (χ3n) is 2.62. The largest absolute Gasteiger partial charge is 0.496 e. The van der Waals surface area contributed by atoms with E-state index in [0.717, 1.165) is 5.56 Å². The molecule has 0 unspecified atom stereocenters. The van der Waals surface area contributed by atoms with E-state index in [4.69, 9.17) is 20.8 Å². The monoisotopic (exact) mass is 264 g/mol. The molecule has 1 heterocycles. The molecule has 0 amide bonds. The summed E-state index contributed by atoms with van der Waals surface area (Å²) in [4.78, 5) is 12.3. The maximum Gasteiger partial charge on any atom is 0.231 e. The van der Waals surface area contributed by atoms with Crippen molar-refractivity contribution >= 4 is 17.4 Å². The molecule has 4 heteroatoms. The molecular formula is C14H13ClO3. The van der Waals surface area contributed by atoms with Gasteiger partial charge in [0.25, 0.3) is 0 Å². The van der Waals surface area contributed by atoms with E-state index in [-0.39, 0.29) is 17.4 Å². The molecule has 0 atom stereocenters. The third kappa shape index (κ3) is 2.41. The van der Waals surface area contributed by atoms with Gasteiger partial charge in [-0.15, -0.1) is 11.6 Å². The number of carbonyl (C=O) groups is 1. The summed E-state index contributed by atoms with van der Waals surface area (Å²) in [6.07, 6.45) is 0. The van der Waals surface area contributed by atoms with Gasteiger partial charge in [-0.25, -0.2) is 0 Å². The van der Waals surface area contributed by atoms with Gasteiger partial charge in [-0.2, -0.15) is 0 Å². The number of methoxy groups -OCH3 is 1. The lowest BCUT2D eigenvalue weighted by Gasteiger charge is -2.07. The number of aryl methyl sites for hydroxylation is 1. The number of benzene rings is 1. The van der Waals surface area contributed by atoms with E-state index in [2.05, 4.69) is 0 Å². The summed E-state index contributed by atoms with van der Waals surface area (Å²) in [7, 11) is 1.54. The number of alkyl halides is 1. The van der Waals surface area contributed by atoms with Crippen molar-refractivity contribution in [1.82, 2.24) is 0 Å². The first-order valence-corrected chi connectivity index (χ1v) is 6.03. The Morgan fingerprint density at radius 2 is 2.11 bits per heavy atom. The van der Waals surface area contributed by atoms with Crippen LogP contribution in [-0.2, 0) is 5.88 Å². The molecule has 0 spiro atoms. The van der Waals surface area contributed by atoms with Crippen molar-refractivity contribution in [1.29, 1.82) is 0 Å². The van der Waals surface area contributed by atoms with E-state index >= 15 is 0 Å². The number of ether oxygens (including phenoxy) is 1. The van der Waals surface area contributed by atoms with Crippen LogP contribution in [0.25, 0.3) is 0 Å². The summed E-state index contributed by atoms with van der Waals surface area (Å²) in [5, 5.41) is 0. The molecule has 18 heavy (non-hydrogen) atoms. The third-order valence-corrected chi connectivity index (χ3v) is 2.88. The van der Waals surface area contributed by atoms with Crippen molar-refractivity contribution in [3.63, 3.8) is 0 Å². The van der Waals surface area contributed by atoms with Gasteiger partial charge in [0, 0.05) is 0 Å². The van der Waals surface area contributed by atoms with Gasteiger partial charge in [0.15, 0.2) is 5.76 Å². The second-order valence-electron chi connectivity index (χ2n) is 3.93. The Morgan fingerprint density at radius 1 is 1.33 bits per heavy atom. The predicted molar refractivity (Wildman–Crippen MR) is 69.4 cm³/mol. The van der Waals surface area contributed by atoms with E-state index in [1.165, 1.54) is 7.11 Å². The number of ketones is 1. The van der Waals surface area contributed by atoms with Gasteiger partial charge < -0.3 is 9.15 Å². The van der Waals surface area contributed by atoms with E-state index in [1.54, 1.807) is 24.3 Å². The van der Waals surface area contributed by atoms with Crippen molar-refractivity contribution in [2.45, 2.75) is 12.8 Å². The number of furan rings is 1. The molecule has 0 saturated heterocycles. The maximum atomic E-state index is 12.3. The Hall–Kier alpha value is -1.74. The molecular weight excluding hydrogens is 252 g/mol. The van der Waals surface area contributed by atoms with Crippen molar-refractivity contribution in [2.24, 2.45) is 0 Å². The first-order chi connectivity index (χ1) is 8.65. The summed E-state index contributed by atoms with van der Waals surface area (Å²) < 4.78 is 10.5. The standard InChI is InChI=1S/C14H13ClO3/c1-9-3-5-12(17-2)11(7-9)14(16)13-6-4-10(8-15)18-13/h3-7H,8H2,1-2H3. The fourth-order valence-corrected chi connectivity index (χ4v) is 1.85. The second kappa shape index (κ2) is 5.27. The zero-order chi connectivity index (χ0) is 13.1. The van der Waals surface area contributed by atoms with Gasteiger partial charge in [0.2, 0.25) is 5.78 Å². The van der Waals surface area contributed by atoms with Crippen molar-refractivity contribution in [2.75, 3.05) is 7.11 Å². The van der Waals surface area contributed by atoms with Gasteiger partial charge in [0.05, 0.1) is 18.6 Å². The van der Waals surface area contributed by atoms with Crippen LogP contribution in [0.2, 0.25) is 0 Å². The van der Waals surface area contributed by atoms with Gasteiger partial charge in [-0.1, -0.05) is 11.6 Å². The minimum Gasteiger partial charge on any atom is -0.496 e. The van der Waals surface area contributed by atoms with Crippen molar-refractivity contribution in [3.8, 4) is 5.75 Å². The molecule has 3 nitrogen and oxygen atoms in total. The Labute approximate surface area is 110 Å². The van der Waals surface area contributed by atoms with E-state index in [0.29, 0.717) is 17.1 Å². The average Bonchev–Trinajstić information content (AvgIpc) is 2.86. The number of hydrogen-bond donors (Lipinski definition) is 0. The van der Waals surface area contributed by atoms with Gasteiger partial charge in [-0.3, -0.25) is 4.79 Å². The summed E-state index contributed by atoms with van der Waals surface area (Å²) in [6.45, 7) is 1.92. The van der Waals surface area contributed by atoms with E-state index in [1.807, 2.05) is 13.0 Å². The fourth-order valence-electron chi connectivity index (χ4n) is 1.70. The van der Waals surface area contributed by atoms with Crippen LogP contribution in [-0.4, -0.2) is 12.9 Å². The summed E-state index contributed by atoms with van der Waals surface area (Å²) in [6, 6.07) is 8.77. The lowest BCUT2D eigenvalue weighted by Crippen LogP contribution is -2.03. The highest BCUT2D eigenvalue weighted by molar-refractivity contribution is 6.17. The van der Waals surface area contributed by atoms with Crippen LogP contribution < -0.4 is 4.74 Å². The number of rotatable bonds is 4. The normalized spacial score (nSPS) is 10.4. The molecule has 0 saturated carbocycles. The summed E-state index contributed by atoms with van der Waals surface area (Å²) in [5.41, 5.74) is 1.48. The lowest BCUT2D eigenvalue weighted by atomic mass is 10.1. The van der Waals surface area contributed by atoms with Gasteiger partial charge in [-0.05, 0) is 31.2 Å². The average molecular weight is 265 g/mol. The summed E-state index contributed by atoms with van der Waals surface area (Å²) >= 11 is 5.64. The highest BCUT2D eigenvalue weighted by Gasteiger charge is 2.18. The molecule has 0 radical (unpaired) electrons. The zero-order valence-corrected chi connectivity index (χ0v) is 11.0. The Balaban J connectivity index is 2.41. The Morgan fingerprint density at radius 3 is 2.72 bits per heavy atom. The highest BCUT2D eigenvalue weighted by Crippen LogP contribution is 2.24. The quantitative estimate of drug-likeness (QED) is 0.626.